The molecule has 5 aliphatic carbocycles. The molecule has 0 amide bonds. The first-order valence-corrected chi connectivity index (χ1v) is 11.4. The highest BCUT2D eigenvalue weighted by atomic mass is 14.8. The Bertz CT molecular complexity index is 601. The third-order valence-electron chi connectivity index (χ3n) is 11.2. The van der Waals surface area contributed by atoms with Gasteiger partial charge in [0.2, 0.25) is 0 Å². The minimum absolute atomic E-state index is 0.614. The van der Waals surface area contributed by atoms with Crippen molar-refractivity contribution >= 4 is 0 Å². The fraction of sp³-hybridized carbons (Fsp3) is 0.920. The quantitative estimate of drug-likeness (QED) is 0.446. The number of allylic oxidation sites excluding steroid dienone is 1. The van der Waals surface area contributed by atoms with E-state index in [1.807, 2.05) is 0 Å². The maximum absolute atomic E-state index is 4.68. The van der Waals surface area contributed by atoms with Crippen LogP contribution in [0.2, 0.25) is 0 Å². The van der Waals surface area contributed by atoms with Crippen LogP contribution in [-0.2, 0) is 0 Å². The Hall–Kier alpha value is -0.260. The molecule has 0 bridgehead atoms. The van der Waals surface area contributed by atoms with Crippen molar-refractivity contribution in [3.63, 3.8) is 0 Å². The average Bonchev–Trinajstić information content (AvgIpc) is 2.80. The predicted molar refractivity (Wildman–Crippen MR) is 106 cm³/mol. The van der Waals surface area contributed by atoms with E-state index in [0.717, 1.165) is 41.4 Å². The van der Waals surface area contributed by atoms with Gasteiger partial charge in [0.1, 0.15) is 0 Å². The van der Waals surface area contributed by atoms with Crippen molar-refractivity contribution in [3.8, 4) is 0 Å². The van der Waals surface area contributed by atoms with Crippen molar-refractivity contribution in [1.29, 1.82) is 0 Å². The van der Waals surface area contributed by atoms with Crippen LogP contribution >= 0.6 is 0 Å². The number of rotatable bonds is 1. The Morgan fingerprint density at radius 3 is 2.52 bits per heavy atom. The van der Waals surface area contributed by atoms with Gasteiger partial charge in [-0.05, 0) is 109 Å². The summed E-state index contributed by atoms with van der Waals surface area (Å²) in [6, 6.07) is 0. The van der Waals surface area contributed by atoms with Gasteiger partial charge in [-0.25, -0.2) is 0 Å². The molecule has 0 aliphatic heterocycles. The molecular weight excluding hydrogens is 300 g/mol. The van der Waals surface area contributed by atoms with Crippen LogP contribution in [0.1, 0.15) is 86.0 Å². The maximum Gasteiger partial charge on any atom is -0.0167 e. The summed E-state index contributed by atoms with van der Waals surface area (Å²) in [7, 11) is 0. The summed E-state index contributed by atoms with van der Waals surface area (Å²) < 4.78 is 0. The topological polar surface area (TPSA) is 0 Å². The molecule has 0 saturated heterocycles. The lowest BCUT2D eigenvalue weighted by Gasteiger charge is -2.50. The predicted octanol–water partition coefficient (Wildman–Crippen LogP) is 7.10. The molecule has 5 rings (SSSR count). The van der Waals surface area contributed by atoms with Crippen LogP contribution in [0.15, 0.2) is 12.2 Å². The normalized spacial score (nSPS) is 59.8. The van der Waals surface area contributed by atoms with E-state index in [9.17, 15) is 0 Å². The van der Waals surface area contributed by atoms with Gasteiger partial charge in [-0.3, -0.25) is 0 Å². The van der Waals surface area contributed by atoms with E-state index in [-0.39, 0.29) is 0 Å². The Morgan fingerprint density at radius 1 is 1.04 bits per heavy atom. The van der Waals surface area contributed by atoms with Crippen molar-refractivity contribution in [3.05, 3.63) is 12.2 Å². The van der Waals surface area contributed by atoms with Crippen LogP contribution < -0.4 is 0 Å². The van der Waals surface area contributed by atoms with Gasteiger partial charge in [-0.2, -0.15) is 0 Å². The molecule has 0 aromatic rings. The van der Waals surface area contributed by atoms with Gasteiger partial charge >= 0.3 is 0 Å². The number of hydrogen-bond acceptors (Lipinski definition) is 0. The highest BCUT2D eigenvalue weighted by molar-refractivity contribution is 5.32. The van der Waals surface area contributed by atoms with E-state index in [1.165, 1.54) is 51.4 Å². The van der Waals surface area contributed by atoms with Crippen molar-refractivity contribution in [2.24, 2.45) is 57.7 Å². The molecule has 0 heterocycles. The summed E-state index contributed by atoms with van der Waals surface area (Å²) in [6.45, 7) is 17.7. The maximum atomic E-state index is 4.68. The summed E-state index contributed by atoms with van der Waals surface area (Å²) >= 11 is 0. The van der Waals surface area contributed by atoms with Gasteiger partial charge in [0, 0.05) is 0 Å². The van der Waals surface area contributed by atoms with Crippen LogP contribution in [-0.4, -0.2) is 0 Å². The standard InChI is InChI=1S/C25H40/c1-15(2)18-10-11-23(5)14-19-16(3)9-12-25-17(4)7-8-22(25)24(25,6)21(19)13-20(18)23/h15,17-22H,3,7-14H2,1-2,4-6H3/t17-,18-,19+,20-,21-,22-,23+,24-,25-/m0/s1. The van der Waals surface area contributed by atoms with Crippen LogP contribution in [0.5, 0.6) is 0 Å². The van der Waals surface area contributed by atoms with Gasteiger partial charge in [0.05, 0.1) is 0 Å². The summed E-state index contributed by atoms with van der Waals surface area (Å²) in [5, 5.41) is 0. The lowest BCUT2D eigenvalue weighted by atomic mass is 9.54. The first-order valence-electron chi connectivity index (χ1n) is 11.4. The van der Waals surface area contributed by atoms with Crippen molar-refractivity contribution in [1.82, 2.24) is 0 Å². The zero-order valence-electron chi connectivity index (χ0n) is 17.4. The third kappa shape index (κ3) is 1.81. The Balaban J connectivity index is 1.54. The molecule has 25 heavy (non-hydrogen) atoms. The first-order chi connectivity index (χ1) is 11.8. The van der Waals surface area contributed by atoms with Crippen molar-refractivity contribution in [2.75, 3.05) is 0 Å². The molecule has 140 valence electrons. The summed E-state index contributed by atoms with van der Waals surface area (Å²) in [5.74, 6) is 6.66. The number of fused-ring (bicyclic) bond motifs is 4. The Morgan fingerprint density at radius 2 is 1.80 bits per heavy atom. The molecule has 0 heteroatoms. The molecule has 5 fully saturated rings. The van der Waals surface area contributed by atoms with E-state index in [2.05, 4.69) is 41.2 Å². The molecule has 5 saturated carbocycles. The lowest BCUT2D eigenvalue weighted by Crippen LogP contribution is -2.43. The highest BCUT2D eigenvalue weighted by Crippen LogP contribution is 2.86. The first kappa shape index (κ1) is 16.9. The zero-order valence-corrected chi connectivity index (χ0v) is 17.4. The van der Waals surface area contributed by atoms with E-state index < -0.39 is 0 Å². The molecule has 0 aromatic carbocycles. The van der Waals surface area contributed by atoms with Gasteiger partial charge in [-0.1, -0.05) is 46.8 Å². The number of hydrogen-bond donors (Lipinski definition) is 0. The van der Waals surface area contributed by atoms with Crippen LogP contribution in [0.25, 0.3) is 0 Å². The van der Waals surface area contributed by atoms with Crippen molar-refractivity contribution in [2.45, 2.75) is 86.0 Å². The SMILES string of the molecule is C=C1CC[C@]23[C@@H](C)CC[C@H]2[C@]3(C)[C@H]2C[C@H]3[C@H](C(C)C)CC[C@]3(C)C[C@H]12. The molecule has 0 radical (unpaired) electrons. The highest BCUT2D eigenvalue weighted by Gasteiger charge is 2.80. The largest absolute Gasteiger partial charge is 0.0996 e. The molecule has 0 aromatic heterocycles. The fourth-order valence-corrected chi connectivity index (χ4v) is 9.89. The lowest BCUT2D eigenvalue weighted by molar-refractivity contribution is -0.000749. The molecule has 9 atom stereocenters. The van der Waals surface area contributed by atoms with E-state index in [0.29, 0.717) is 16.2 Å². The van der Waals surface area contributed by atoms with Gasteiger partial charge in [0.25, 0.3) is 0 Å². The summed E-state index contributed by atoms with van der Waals surface area (Å²) in [5.41, 5.74) is 3.62. The molecule has 0 nitrogen and oxygen atoms in total. The molecular formula is C25H40. The average molecular weight is 341 g/mol. The van der Waals surface area contributed by atoms with Crippen LogP contribution in [0.4, 0.5) is 0 Å². The second-order valence-electron chi connectivity index (χ2n) is 11.9. The van der Waals surface area contributed by atoms with E-state index in [4.69, 9.17) is 0 Å². The molecule has 0 N–H and O–H groups in total. The van der Waals surface area contributed by atoms with Gasteiger partial charge in [-0.15, -0.1) is 0 Å². The Kier molecular flexibility index (Phi) is 3.35. The monoisotopic (exact) mass is 340 g/mol. The van der Waals surface area contributed by atoms with Crippen LogP contribution in [0.3, 0.4) is 0 Å². The van der Waals surface area contributed by atoms with Crippen molar-refractivity contribution < 1.29 is 0 Å². The second-order valence-corrected chi connectivity index (χ2v) is 11.9. The van der Waals surface area contributed by atoms with Gasteiger partial charge in [0.15, 0.2) is 0 Å². The van der Waals surface area contributed by atoms with E-state index >= 15 is 0 Å². The third-order valence-corrected chi connectivity index (χ3v) is 11.2. The molecule has 1 spiro atoms. The zero-order chi connectivity index (χ0) is 17.8. The fourth-order valence-electron chi connectivity index (χ4n) is 9.89. The summed E-state index contributed by atoms with van der Waals surface area (Å²) in [6.07, 6.45) is 11.8. The Labute approximate surface area is 156 Å². The smallest absolute Gasteiger partial charge is 0.0167 e. The minimum atomic E-state index is 0.614. The molecule has 0 unspecified atom stereocenters. The summed E-state index contributed by atoms with van der Waals surface area (Å²) in [4.78, 5) is 0. The second kappa shape index (κ2) is 4.96. The van der Waals surface area contributed by atoms with Crippen LogP contribution in [0, 0.1) is 57.7 Å². The minimum Gasteiger partial charge on any atom is -0.0996 e. The van der Waals surface area contributed by atoms with E-state index in [1.54, 1.807) is 5.57 Å². The van der Waals surface area contributed by atoms with Gasteiger partial charge < -0.3 is 0 Å². The molecule has 5 aliphatic rings.